The van der Waals surface area contributed by atoms with E-state index < -0.39 is 11.7 Å². The highest BCUT2D eigenvalue weighted by Crippen LogP contribution is 2.24. The van der Waals surface area contributed by atoms with E-state index in [4.69, 9.17) is 4.74 Å². The van der Waals surface area contributed by atoms with E-state index in [1.807, 2.05) is 24.3 Å². The smallest absolute Gasteiger partial charge is 0.263 e. The summed E-state index contributed by atoms with van der Waals surface area (Å²) in [5, 5.41) is 10.2. The molecule has 0 aliphatic carbocycles. The van der Waals surface area contributed by atoms with Crippen molar-refractivity contribution in [3.8, 4) is 5.75 Å². The number of amides is 1. The number of para-hydroxylation sites is 1. The molecule has 0 radical (unpaired) electrons. The molecule has 0 bridgehead atoms. The van der Waals surface area contributed by atoms with Gasteiger partial charge in [0.05, 0.1) is 12.6 Å². The molecule has 1 amide bonds. The molecule has 6 heteroatoms. The number of rotatable bonds is 3. The highest BCUT2D eigenvalue weighted by Gasteiger charge is 2.19. The van der Waals surface area contributed by atoms with Crippen LogP contribution in [0.2, 0.25) is 0 Å². The molecule has 0 atom stereocenters. The van der Waals surface area contributed by atoms with Crippen LogP contribution in [0.15, 0.2) is 42.5 Å². The van der Waals surface area contributed by atoms with Gasteiger partial charge in [0, 0.05) is 5.39 Å². The lowest BCUT2D eigenvalue weighted by Crippen LogP contribution is -2.15. The lowest BCUT2D eigenvalue weighted by Gasteiger charge is -2.08. The first-order valence-corrected chi connectivity index (χ1v) is 6.27. The van der Waals surface area contributed by atoms with Crippen LogP contribution in [-0.4, -0.2) is 23.2 Å². The van der Waals surface area contributed by atoms with Gasteiger partial charge in [-0.05, 0) is 24.3 Å². The molecular formula is C15H12FN3O2. The lowest BCUT2D eigenvalue weighted by molar-refractivity contribution is 0.101. The van der Waals surface area contributed by atoms with E-state index in [0.717, 1.165) is 10.9 Å². The van der Waals surface area contributed by atoms with Crippen molar-refractivity contribution in [2.45, 2.75) is 0 Å². The summed E-state index contributed by atoms with van der Waals surface area (Å²) in [5.41, 5.74) is 0.639. The van der Waals surface area contributed by atoms with Crippen molar-refractivity contribution in [2.24, 2.45) is 0 Å². The van der Waals surface area contributed by atoms with E-state index in [1.54, 1.807) is 0 Å². The van der Waals surface area contributed by atoms with Gasteiger partial charge in [-0.3, -0.25) is 9.89 Å². The number of anilines is 1. The van der Waals surface area contributed by atoms with E-state index in [0.29, 0.717) is 5.82 Å². The van der Waals surface area contributed by atoms with Crippen LogP contribution in [0.4, 0.5) is 10.2 Å². The topological polar surface area (TPSA) is 67.0 Å². The van der Waals surface area contributed by atoms with Crippen LogP contribution in [0, 0.1) is 5.82 Å². The van der Waals surface area contributed by atoms with Crippen LogP contribution in [0.5, 0.6) is 5.75 Å². The summed E-state index contributed by atoms with van der Waals surface area (Å²) in [7, 11) is 1.38. The van der Waals surface area contributed by atoms with E-state index >= 15 is 0 Å². The van der Waals surface area contributed by atoms with Gasteiger partial charge < -0.3 is 10.1 Å². The fourth-order valence-corrected chi connectivity index (χ4v) is 2.12. The number of hydrogen-bond acceptors (Lipinski definition) is 3. The van der Waals surface area contributed by atoms with Gasteiger partial charge in [-0.15, -0.1) is 0 Å². The molecule has 106 valence electrons. The van der Waals surface area contributed by atoms with Gasteiger partial charge in [0.1, 0.15) is 17.1 Å². The number of nitrogens with zero attached hydrogens (tertiary/aromatic N) is 1. The predicted molar refractivity (Wildman–Crippen MR) is 77.0 cm³/mol. The van der Waals surface area contributed by atoms with Crippen LogP contribution in [0.1, 0.15) is 10.4 Å². The van der Waals surface area contributed by atoms with Crippen LogP contribution < -0.4 is 10.1 Å². The number of aromatic amines is 1. The Balaban J connectivity index is 1.97. The van der Waals surface area contributed by atoms with Crippen molar-refractivity contribution < 1.29 is 13.9 Å². The number of nitrogens with one attached hydrogen (secondary N) is 2. The number of halogens is 1. The Kier molecular flexibility index (Phi) is 3.27. The van der Waals surface area contributed by atoms with Gasteiger partial charge in [-0.2, -0.15) is 5.10 Å². The van der Waals surface area contributed by atoms with Crippen molar-refractivity contribution in [3.63, 3.8) is 0 Å². The molecule has 2 aromatic carbocycles. The molecule has 0 aliphatic rings. The Bertz CT molecular complexity index is 814. The van der Waals surface area contributed by atoms with Gasteiger partial charge in [-0.1, -0.05) is 18.2 Å². The van der Waals surface area contributed by atoms with Crippen LogP contribution in [0.3, 0.4) is 0 Å². The minimum Gasteiger partial charge on any atom is -0.496 e. The molecule has 1 heterocycles. The summed E-state index contributed by atoms with van der Waals surface area (Å²) in [4.78, 5) is 12.3. The summed E-state index contributed by atoms with van der Waals surface area (Å²) in [6.45, 7) is 0. The molecule has 3 aromatic rings. The molecule has 0 spiro atoms. The molecule has 5 nitrogen and oxygen atoms in total. The van der Waals surface area contributed by atoms with Crippen molar-refractivity contribution in [1.29, 1.82) is 0 Å². The van der Waals surface area contributed by atoms with Gasteiger partial charge in [0.25, 0.3) is 5.91 Å². The Morgan fingerprint density at radius 2 is 2.05 bits per heavy atom. The number of ether oxygens (including phenoxy) is 1. The minimum absolute atomic E-state index is 0.146. The molecule has 0 unspecified atom stereocenters. The predicted octanol–water partition coefficient (Wildman–Crippen LogP) is 2.96. The van der Waals surface area contributed by atoms with Gasteiger partial charge >= 0.3 is 0 Å². The monoisotopic (exact) mass is 285 g/mol. The van der Waals surface area contributed by atoms with Crippen molar-refractivity contribution >= 4 is 22.6 Å². The second-order valence-corrected chi connectivity index (χ2v) is 4.39. The van der Waals surface area contributed by atoms with Crippen molar-refractivity contribution in [1.82, 2.24) is 10.2 Å². The fraction of sp³-hybridized carbons (Fsp3) is 0.0667. The van der Waals surface area contributed by atoms with E-state index in [1.165, 1.54) is 25.3 Å². The number of carbonyl (C=O) groups excluding carboxylic acids is 1. The maximum Gasteiger partial charge on any atom is 0.263 e. The number of fused-ring (bicyclic) bond motifs is 1. The summed E-state index contributed by atoms with van der Waals surface area (Å²) in [6, 6.07) is 11.5. The van der Waals surface area contributed by atoms with Crippen LogP contribution in [-0.2, 0) is 0 Å². The average Bonchev–Trinajstić information content (AvgIpc) is 2.90. The zero-order valence-electron chi connectivity index (χ0n) is 11.2. The first kappa shape index (κ1) is 13.1. The van der Waals surface area contributed by atoms with E-state index in [2.05, 4.69) is 15.5 Å². The Labute approximate surface area is 119 Å². The zero-order valence-corrected chi connectivity index (χ0v) is 11.2. The zero-order chi connectivity index (χ0) is 14.8. The standard InChI is InChI=1S/C15H12FN3O2/c1-21-12-8-4-6-10(16)13(12)15(20)17-14-9-5-2-3-7-11(9)18-19-14/h2-8H,1H3,(H2,17,18,19,20). The quantitative estimate of drug-likeness (QED) is 0.777. The first-order valence-electron chi connectivity index (χ1n) is 6.27. The van der Waals surface area contributed by atoms with Crippen LogP contribution >= 0.6 is 0 Å². The maximum absolute atomic E-state index is 13.9. The molecule has 21 heavy (non-hydrogen) atoms. The SMILES string of the molecule is COc1cccc(F)c1C(=O)Nc1n[nH]c2ccccc12. The number of carbonyl (C=O) groups is 1. The summed E-state index contributed by atoms with van der Waals surface area (Å²) < 4.78 is 18.9. The van der Waals surface area contributed by atoms with Crippen molar-refractivity contribution in [3.05, 3.63) is 53.8 Å². The molecule has 1 aromatic heterocycles. The fourth-order valence-electron chi connectivity index (χ4n) is 2.12. The number of methoxy groups -OCH3 is 1. The number of aromatic nitrogens is 2. The first-order chi connectivity index (χ1) is 10.2. The number of benzene rings is 2. The Morgan fingerprint density at radius 1 is 1.24 bits per heavy atom. The lowest BCUT2D eigenvalue weighted by atomic mass is 10.1. The van der Waals surface area contributed by atoms with Crippen molar-refractivity contribution in [2.75, 3.05) is 12.4 Å². The normalized spacial score (nSPS) is 10.6. The second-order valence-electron chi connectivity index (χ2n) is 4.39. The molecule has 0 saturated heterocycles. The Hall–Kier alpha value is -2.89. The largest absolute Gasteiger partial charge is 0.496 e. The number of H-pyrrole nitrogens is 1. The maximum atomic E-state index is 13.9. The third-order valence-electron chi connectivity index (χ3n) is 3.12. The molecule has 0 saturated carbocycles. The molecule has 0 aliphatic heterocycles. The van der Waals surface area contributed by atoms with Gasteiger partial charge in [0.15, 0.2) is 5.82 Å². The van der Waals surface area contributed by atoms with E-state index in [-0.39, 0.29) is 11.3 Å². The third kappa shape index (κ3) is 2.31. The summed E-state index contributed by atoms with van der Waals surface area (Å²) >= 11 is 0. The summed E-state index contributed by atoms with van der Waals surface area (Å²) in [5.74, 6) is -0.734. The molecular weight excluding hydrogens is 273 g/mol. The van der Waals surface area contributed by atoms with E-state index in [9.17, 15) is 9.18 Å². The molecule has 3 rings (SSSR count). The Morgan fingerprint density at radius 3 is 2.86 bits per heavy atom. The molecule has 0 fully saturated rings. The average molecular weight is 285 g/mol. The number of hydrogen-bond donors (Lipinski definition) is 2. The molecule has 2 N–H and O–H groups in total. The highest BCUT2D eigenvalue weighted by atomic mass is 19.1. The van der Waals surface area contributed by atoms with Gasteiger partial charge in [-0.25, -0.2) is 4.39 Å². The minimum atomic E-state index is -0.647. The highest BCUT2D eigenvalue weighted by molar-refractivity contribution is 6.09. The third-order valence-corrected chi connectivity index (χ3v) is 3.12. The van der Waals surface area contributed by atoms with Crippen LogP contribution in [0.25, 0.3) is 10.9 Å². The second kappa shape index (κ2) is 5.24. The van der Waals surface area contributed by atoms with Gasteiger partial charge in [0.2, 0.25) is 0 Å². The summed E-state index contributed by atoms with van der Waals surface area (Å²) in [6.07, 6.45) is 0.